The molecule has 1 aromatic heterocycles. The number of nitrogens with two attached hydrogens (primary N) is 2. The predicted molar refractivity (Wildman–Crippen MR) is 70.1 cm³/mol. The summed E-state index contributed by atoms with van der Waals surface area (Å²) in [4.78, 5) is 21.4. The van der Waals surface area contributed by atoms with Gasteiger partial charge in [-0.3, -0.25) is 4.79 Å². The molecule has 1 aromatic rings. The second kappa shape index (κ2) is 5.07. The van der Waals surface area contributed by atoms with Gasteiger partial charge in [0.05, 0.1) is 5.92 Å². The van der Waals surface area contributed by atoms with E-state index in [-0.39, 0.29) is 17.8 Å². The second-order valence-electron chi connectivity index (χ2n) is 4.33. The lowest BCUT2D eigenvalue weighted by Crippen LogP contribution is -2.28. The van der Waals surface area contributed by atoms with Crippen molar-refractivity contribution in [2.24, 2.45) is 11.7 Å². The quantitative estimate of drug-likeness (QED) is 0.682. The van der Waals surface area contributed by atoms with Gasteiger partial charge in [0.25, 0.3) is 0 Å². The zero-order chi connectivity index (χ0) is 13.1. The van der Waals surface area contributed by atoms with Gasteiger partial charge in [-0.25, -0.2) is 0 Å². The minimum absolute atomic E-state index is 0.108. The van der Waals surface area contributed by atoms with E-state index in [9.17, 15) is 4.79 Å². The first-order valence-corrected chi connectivity index (χ1v) is 6.03. The summed E-state index contributed by atoms with van der Waals surface area (Å²) < 4.78 is 0. The third-order valence-corrected chi connectivity index (χ3v) is 3.00. The molecule has 2 rings (SSSR count). The number of carbonyl (C=O) groups excluding carboxylic acids is 1. The smallest absolute Gasteiger partial charge is 0.223 e. The number of nitrogen functional groups attached to an aromatic ring is 1. The van der Waals surface area contributed by atoms with Gasteiger partial charge in [0, 0.05) is 25.7 Å². The van der Waals surface area contributed by atoms with Crippen LogP contribution in [0.5, 0.6) is 0 Å². The third-order valence-electron chi connectivity index (χ3n) is 3.00. The van der Waals surface area contributed by atoms with Gasteiger partial charge in [0.2, 0.25) is 11.9 Å². The van der Waals surface area contributed by atoms with Gasteiger partial charge in [-0.2, -0.15) is 9.97 Å². The molecule has 0 aromatic carbocycles. The zero-order valence-corrected chi connectivity index (χ0v) is 10.4. The van der Waals surface area contributed by atoms with Crippen LogP contribution in [0.1, 0.15) is 13.3 Å². The Bertz CT molecular complexity index is 449. The Balaban J connectivity index is 2.16. The van der Waals surface area contributed by atoms with Crippen LogP contribution in [0.2, 0.25) is 0 Å². The van der Waals surface area contributed by atoms with Crippen LogP contribution in [-0.2, 0) is 4.79 Å². The molecule has 1 aliphatic heterocycles. The molecular weight excluding hydrogens is 232 g/mol. The zero-order valence-electron chi connectivity index (χ0n) is 10.4. The highest BCUT2D eigenvalue weighted by Crippen LogP contribution is 2.24. The first-order valence-electron chi connectivity index (χ1n) is 6.03. The molecule has 0 radical (unpaired) electrons. The van der Waals surface area contributed by atoms with Crippen LogP contribution in [0.4, 0.5) is 17.6 Å². The fourth-order valence-corrected chi connectivity index (χ4v) is 2.09. The molecule has 1 saturated heterocycles. The van der Waals surface area contributed by atoms with E-state index in [1.54, 1.807) is 0 Å². The lowest BCUT2D eigenvalue weighted by molar-refractivity contribution is -0.121. The fourth-order valence-electron chi connectivity index (χ4n) is 2.09. The van der Waals surface area contributed by atoms with E-state index in [0.29, 0.717) is 12.4 Å². The van der Waals surface area contributed by atoms with Gasteiger partial charge in [-0.15, -0.1) is 0 Å². The minimum Gasteiger partial charge on any atom is -0.370 e. The molecule has 0 aliphatic carbocycles. The molecule has 0 saturated carbocycles. The Hall–Kier alpha value is -2.05. The molecule has 0 spiro atoms. The van der Waals surface area contributed by atoms with Gasteiger partial charge in [0.1, 0.15) is 11.6 Å². The van der Waals surface area contributed by atoms with Crippen molar-refractivity contribution in [1.29, 1.82) is 0 Å². The summed E-state index contributed by atoms with van der Waals surface area (Å²) in [6.07, 6.45) is 0.760. The minimum atomic E-state index is -0.258. The van der Waals surface area contributed by atoms with Crippen LogP contribution < -0.4 is 21.7 Å². The summed E-state index contributed by atoms with van der Waals surface area (Å²) in [5, 5.41) is 3.10. The van der Waals surface area contributed by atoms with Crippen molar-refractivity contribution in [2.75, 3.05) is 35.6 Å². The third kappa shape index (κ3) is 2.61. The molecular formula is C11H18N6O. The number of nitrogens with zero attached hydrogens (tertiary/aromatic N) is 3. The Morgan fingerprint density at radius 1 is 1.61 bits per heavy atom. The summed E-state index contributed by atoms with van der Waals surface area (Å²) in [7, 11) is 0. The lowest BCUT2D eigenvalue weighted by atomic mass is 10.1. The number of amides is 1. The van der Waals surface area contributed by atoms with Gasteiger partial charge in [-0.1, -0.05) is 0 Å². The summed E-state index contributed by atoms with van der Waals surface area (Å²) in [6, 6.07) is 1.84. The molecule has 1 atom stereocenters. The fraction of sp³-hybridized carbons (Fsp3) is 0.545. The maximum Gasteiger partial charge on any atom is 0.223 e. The average Bonchev–Trinajstić information content (AvgIpc) is 2.78. The Labute approximate surface area is 106 Å². The van der Waals surface area contributed by atoms with Crippen molar-refractivity contribution < 1.29 is 4.79 Å². The number of nitrogens with one attached hydrogen (secondary N) is 1. The monoisotopic (exact) mass is 250 g/mol. The maximum absolute atomic E-state index is 11.1. The topological polar surface area (TPSA) is 110 Å². The predicted octanol–water partition coefficient (Wildman–Crippen LogP) is -0.198. The van der Waals surface area contributed by atoms with Crippen LogP contribution in [0.3, 0.4) is 0 Å². The molecule has 1 fully saturated rings. The normalized spacial score (nSPS) is 18.9. The van der Waals surface area contributed by atoms with E-state index >= 15 is 0 Å². The number of anilines is 3. The summed E-state index contributed by atoms with van der Waals surface area (Å²) in [5.41, 5.74) is 11.0. The molecule has 18 heavy (non-hydrogen) atoms. The lowest BCUT2D eigenvalue weighted by Gasteiger charge is -2.18. The highest BCUT2D eigenvalue weighted by atomic mass is 16.1. The molecule has 7 nitrogen and oxygen atoms in total. The SMILES string of the molecule is CCNc1cc(N2CCC(C(N)=O)C2)nc(N)n1. The molecule has 98 valence electrons. The van der Waals surface area contributed by atoms with E-state index in [0.717, 1.165) is 25.3 Å². The van der Waals surface area contributed by atoms with Crippen LogP contribution >= 0.6 is 0 Å². The van der Waals surface area contributed by atoms with Crippen molar-refractivity contribution in [3.63, 3.8) is 0 Å². The number of hydrogen-bond donors (Lipinski definition) is 3. The molecule has 2 heterocycles. The van der Waals surface area contributed by atoms with E-state index < -0.39 is 0 Å². The molecule has 1 aliphatic rings. The Morgan fingerprint density at radius 2 is 2.39 bits per heavy atom. The highest BCUT2D eigenvalue weighted by Gasteiger charge is 2.27. The summed E-state index contributed by atoms with van der Waals surface area (Å²) in [6.45, 7) is 4.10. The van der Waals surface area contributed by atoms with Crippen molar-refractivity contribution in [3.8, 4) is 0 Å². The first kappa shape index (κ1) is 12.4. The molecule has 1 amide bonds. The first-order chi connectivity index (χ1) is 8.60. The number of aromatic nitrogens is 2. The van der Waals surface area contributed by atoms with E-state index in [4.69, 9.17) is 11.5 Å². The van der Waals surface area contributed by atoms with Crippen molar-refractivity contribution in [3.05, 3.63) is 6.07 Å². The Morgan fingerprint density at radius 3 is 3.00 bits per heavy atom. The molecule has 0 bridgehead atoms. The summed E-state index contributed by atoms with van der Waals surface area (Å²) >= 11 is 0. The van der Waals surface area contributed by atoms with E-state index in [1.165, 1.54) is 0 Å². The van der Waals surface area contributed by atoms with Crippen LogP contribution in [0.25, 0.3) is 0 Å². The van der Waals surface area contributed by atoms with Crippen LogP contribution in [-0.4, -0.2) is 35.5 Å². The van der Waals surface area contributed by atoms with Crippen molar-refractivity contribution in [1.82, 2.24) is 9.97 Å². The number of rotatable bonds is 4. The standard InChI is InChI=1S/C11H18N6O/c1-2-14-8-5-9(16-11(13)15-8)17-4-3-7(6-17)10(12)18/h5,7H,2-4,6H2,1H3,(H2,12,18)(H3,13,14,15,16). The van der Waals surface area contributed by atoms with Crippen molar-refractivity contribution >= 4 is 23.5 Å². The largest absolute Gasteiger partial charge is 0.370 e. The molecule has 7 heteroatoms. The van der Waals surface area contributed by atoms with Gasteiger partial charge >= 0.3 is 0 Å². The highest BCUT2D eigenvalue weighted by molar-refractivity contribution is 5.78. The van der Waals surface area contributed by atoms with Crippen LogP contribution in [0.15, 0.2) is 6.07 Å². The van der Waals surface area contributed by atoms with Crippen molar-refractivity contribution in [2.45, 2.75) is 13.3 Å². The summed E-state index contributed by atoms with van der Waals surface area (Å²) in [5.74, 6) is 1.30. The number of hydrogen-bond acceptors (Lipinski definition) is 6. The van der Waals surface area contributed by atoms with E-state index in [1.807, 2.05) is 17.9 Å². The van der Waals surface area contributed by atoms with Crippen LogP contribution in [0, 0.1) is 5.92 Å². The van der Waals surface area contributed by atoms with Gasteiger partial charge in [0.15, 0.2) is 0 Å². The molecule has 1 unspecified atom stereocenters. The van der Waals surface area contributed by atoms with Gasteiger partial charge < -0.3 is 21.7 Å². The number of carbonyl (C=O) groups is 1. The average molecular weight is 250 g/mol. The Kier molecular flexibility index (Phi) is 3.50. The number of primary amides is 1. The second-order valence-corrected chi connectivity index (χ2v) is 4.33. The maximum atomic E-state index is 11.1. The molecule has 5 N–H and O–H groups in total. The van der Waals surface area contributed by atoms with Gasteiger partial charge in [-0.05, 0) is 13.3 Å². The van der Waals surface area contributed by atoms with E-state index in [2.05, 4.69) is 15.3 Å².